The van der Waals surface area contributed by atoms with Gasteiger partial charge in [-0.25, -0.2) is 0 Å². The summed E-state index contributed by atoms with van der Waals surface area (Å²) in [4.78, 5) is 7.29. The Balaban J connectivity index is 2.08. The Morgan fingerprint density at radius 2 is 2.00 bits per heavy atom. The number of hydrogen-bond acceptors (Lipinski definition) is 4. The maximum Gasteiger partial charge on any atom is 0.120 e. The highest BCUT2D eigenvalue weighted by molar-refractivity contribution is 5.93. The van der Waals surface area contributed by atoms with E-state index in [1.165, 1.54) is 16.8 Å². The number of ether oxygens (including phenoxy) is 1. The van der Waals surface area contributed by atoms with Gasteiger partial charge >= 0.3 is 0 Å². The summed E-state index contributed by atoms with van der Waals surface area (Å²) in [6.07, 6.45) is 2.15. The third kappa shape index (κ3) is 3.17. The van der Waals surface area contributed by atoms with Gasteiger partial charge < -0.3 is 15.0 Å². The summed E-state index contributed by atoms with van der Waals surface area (Å²) >= 11 is 0. The lowest BCUT2D eigenvalue weighted by atomic mass is 10.1. The van der Waals surface area contributed by atoms with E-state index in [0.29, 0.717) is 6.61 Å². The van der Waals surface area contributed by atoms with Crippen LogP contribution in [-0.2, 0) is 6.42 Å². The molecule has 0 saturated carbocycles. The zero-order chi connectivity index (χ0) is 15.4. The minimum Gasteiger partial charge on any atom is -0.494 e. The fourth-order valence-electron chi connectivity index (χ4n) is 3.05. The van der Waals surface area contributed by atoms with Gasteiger partial charge in [-0.05, 0) is 37.6 Å². The molecule has 1 aliphatic rings. The van der Waals surface area contributed by atoms with E-state index in [1.54, 1.807) is 0 Å². The normalized spacial score (nSPS) is 15.3. The third-order valence-electron chi connectivity index (χ3n) is 4.09. The molecule has 2 heterocycles. The van der Waals surface area contributed by atoms with Gasteiger partial charge in [-0.15, -0.1) is 0 Å². The Morgan fingerprint density at radius 3 is 2.73 bits per heavy atom. The van der Waals surface area contributed by atoms with Crippen molar-refractivity contribution < 1.29 is 4.74 Å². The molecule has 0 amide bonds. The number of rotatable bonds is 5. The van der Waals surface area contributed by atoms with Crippen LogP contribution in [0.1, 0.15) is 26.0 Å². The highest BCUT2D eigenvalue weighted by Crippen LogP contribution is 2.30. The van der Waals surface area contributed by atoms with Crippen molar-refractivity contribution in [3.63, 3.8) is 0 Å². The summed E-state index contributed by atoms with van der Waals surface area (Å²) in [6.45, 7) is 9.08. The predicted octanol–water partition coefficient (Wildman–Crippen LogP) is 3.00. The van der Waals surface area contributed by atoms with Gasteiger partial charge in [-0.3, -0.25) is 4.98 Å². The van der Waals surface area contributed by atoms with E-state index in [-0.39, 0.29) is 0 Å². The Morgan fingerprint density at radius 1 is 1.18 bits per heavy atom. The summed E-state index contributed by atoms with van der Waals surface area (Å²) in [7, 11) is 0. The van der Waals surface area contributed by atoms with E-state index in [2.05, 4.69) is 35.3 Å². The molecule has 0 spiro atoms. The van der Waals surface area contributed by atoms with E-state index in [9.17, 15) is 0 Å². The van der Waals surface area contributed by atoms with Gasteiger partial charge in [0.05, 0.1) is 12.1 Å². The maximum absolute atomic E-state index is 5.68. The molecule has 4 heteroatoms. The van der Waals surface area contributed by atoms with Gasteiger partial charge in [-0.1, -0.05) is 13.3 Å². The molecule has 1 N–H and O–H groups in total. The molecule has 0 radical (unpaired) electrons. The number of benzene rings is 1. The minimum absolute atomic E-state index is 0.690. The van der Waals surface area contributed by atoms with Crippen molar-refractivity contribution in [1.29, 1.82) is 0 Å². The van der Waals surface area contributed by atoms with Crippen molar-refractivity contribution in [3.05, 3.63) is 30.0 Å². The van der Waals surface area contributed by atoms with Crippen molar-refractivity contribution in [1.82, 2.24) is 10.3 Å². The fraction of sp³-hybridized carbons (Fsp3) is 0.500. The van der Waals surface area contributed by atoms with Crippen molar-refractivity contribution in [3.8, 4) is 5.75 Å². The maximum atomic E-state index is 5.68. The quantitative estimate of drug-likeness (QED) is 0.921. The number of nitrogens with zero attached hydrogens (tertiary/aromatic N) is 2. The van der Waals surface area contributed by atoms with E-state index < -0.39 is 0 Å². The second-order valence-corrected chi connectivity index (χ2v) is 5.73. The summed E-state index contributed by atoms with van der Waals surface area (Å²) in [5, 5.41) is 4.62. The van der Waals surface area contributed by atoms with Crippen LogP contribution in [-0.4, -0.2) is 37.8 Å². The monoisotopic (exact) mass is 299 g/mol. The van der Waals surface area contributed by atoms with Crippen LogP contribution in [0.15, 0.2) is 24.3 Å². The van der Waals surface area contributed by atoms with Crippen LogP contribution >= 0.6 is 0 Å². The molecule has 0 bridgehead atoms. The molecule has 1 aliphatic heterocycles. The van der Waals surface area contributed by atoms with Crippen LogP contribution in [0, 0.1) is 0 Å². The third-order valence-corrected chi connectivity index (χ3v) is 4.09. The van der Waals surface area contributed by atoms with Gasteiger partial charge in [-0.2, -0.15) is 0 Å². The first-order chi connectivity index (χ1) is 10.8. The largest absolute Gasteiger partial charge is 0.494 e. The number of aryl methyl sites for hydroxylation is 1. The average Bonchev–Trinajstić information content (AvgIpc) is 2.56. The number of fused-ring (bicyclic) bond motifs is 1. The second kappa shape index (κ2) is 6.97. The molecular formula is C18H25N3O. The summed E-state index contributed by atoms with van der Waals surface area (Å²) in [5.74, 6) is 0.927. The summed E-state index contributed by atoms with van der Waals surface area (Å²) in [5.41, 5.74) is 3.56. The van der Waals surface area contributed by atoms with E-state index in [1.807, 2.05) is 13.0 Å². The highest BCUT2D eigenvalue weighted by atomic mass is 16.5. The molecule has 2 aromatic rings. The zero-order valence-corrected chi connectivity index (χ0v) is 13.6. The molecule has 1 fully saturated rings. The lowest BCUT2D eigenvalue weighted by molar-refractivity contribution is 0.340. The first kappa shape index (κ1) is 15.1. The Labute approximate surface area is 132 Å². The SMILES string of the molecule is CCCc1cc(N2CCNCC2)c2cc(OCC)ccc2n1. The highest BCUT2D eigenvalue weighted by Gasteiger charge is 2.15. The smallest absolute Gasteiger partial charge is 0.120 e. The van der Waals surface area contributed by atoms with E-state index in [0.717, 1.165) is 50.3 Å². The Kier molecular flexibility index (Phi) is 4.78. The number of aromatic nitrogens is 1. The van der Waals surface area contributed by atoms with Gasteiger partial charge in [0, 0.05) is 42.9 Å². The van der Waals surface area contributed by atoms with E-state index in [4.69, 9.17) is 9.72 Å². The lowest BCUT2D eigenvalue weighted by Gasteiger charge is -2.30. The van der Waals surface area contributed by atoms with Gasteiger partial charge in [0.25, 0.3) is 0 Å². The summed E-state index contributed by atoms with van der Waals surface area (Å²) in [6, 6.07) is 8.52. The lowest BCUT2D eigenvalue weighted by Crippen LogP contribution is -2.43. The Hall–Kier alpha value is -1.81. The van der Waals surface area contributed by atoms with Crippen LogP contribution in [0.2, 0.25) is 0 Å². The first-order valence-corrected chi connectivity index (χ1v) is 8.34. The minimum atomic E-state index is 0.690. The summed E-state index contributed by atoms with van der Waals surface area (Å²) < 4.78 is 5.68. The van der Waals surface area contributed by atoms with Crippen molar-refractivity contribution in [2.75, 3.05) is 37.7 Å². The molecule has 1 aromatic carbocycles. The van der Waals surface area contributed by atoms with Crippen molar-refractivity contribution >= 4 is 16.6 Å². The molecule has 3 rings (SSSR count). The van der Waals surface area contributed by atoms with Crippen LogP contribution in [0.3, 0.4) is 0 Å². The second-order valence-electron chi connectivity index (χ2n) is 5.73. The number of nitrogens with one attached hydrogen (secondary N) is 1. The van der Waals surface area contributed by atoms with Crippen LogP contribution in [0.5, 0.6) is 5.75 Å². The van der Waals surface area contributed by atoms with E-state index >= 15 is 0 Å². The molecular weight excluding hydrogens is 274 g/mol. The first-order valence-electron chi connectivity index (χ1n) is 8.34. The van der Waals surface area contributed by atoms with Gasteiger partial charge in [0.15, 0.2) is 0 Å². The predicted molar refractivity (Wildman–Crippen MR) is 92.0 cm³/mol. The molecule has 0 unspecified atom stereocenters. The molecule has 1 saturated heterocycles. The van der Waals surface area contributed by atoms with Crippen molar-refractivity contribution in [2.45, 2.75) is 26.7 Å². The average molecular weight is 299 g/mol. The number of pyridine rings is 1. The van der Waals surface area contributed by atoms with Crippen LogP contribution in [0.25, 0.3) is 10.9 Å². The molecule has 0 atom stereocenters. The molecule has 118 valence electrons. The Bertz CT molecular complexity index is 636. The molecule has 0 aliphatic carbocycles. The number of piperazine rings is 1. The zero-order valence-electron chi connectivity index (χ0n) is 13.6. The number of anilines is 1. The van der Waals surface area contributed by atoms with Crippen LogP contribution in [0.4, 0.5) is 5.69 Å². The molecule has 1 aromatic heterocycles. The topological polar surface area (TPSA) is 37.4 Å². The molecule has 4 nitrogen and oxygen atoms in total. The number of hydrogen-bond donors (Lipinski definition) is 1. The van der Waals surface area contributed by atoms with Crippen molar-refractivity contribution in [2.24, 2.45) is 0 Å². The van der Waals surface area contributed by atoms with Crippen LogP contribution < -0.4 is 15.0 Å². The van der Waals surface area contributed by atoms with Gasteiger partial charge in [0.2, 0.25) is 0 Å². The molecule has 22 heavy (non-hydrogen) atoms. The standard InChI is InChI=1S/C18H25N3O/c1-3-5-14-12-18(21-10-8-19-9-11-21)16-13-15(22-4-2)6-7-17(16)20-14/h6-7,12-13,19H,3-5,8-11H2,1-2H3. The fourth-order valence-corrected chi connectivity index (χ4v) is 3.05. The van der Waals surface area contributed by atoms with Gasteiger partial charge in [0.1, 0.15) is 5.75 Å².